The fourth-order valence-electron chi connectivity index (χ4n) is 1.01. The van der Waals surface area contributed by atoms with Gasteiger partial charge in [-0.3, -0.25) is 10.1 Å². The summed E-state index contributed by atoms with van der Waals surface area (Å²) in [7, 11) is 1.18. The molecule has 0 amide bonds. The van der Waals surface area contributed by atoms with Gasteiger partial charge in [-0.05, 0) is 12.5 Å². The van der Waals surface area contributed by atoms with E-state index in [1.54, 1.807) is 0 Å². The van der Waals surface area contributed by atoms with Gasteiger partial charge in [-0.1, -0.05) is 0 Å². The van der Waals surface area contributed by atoms with E-state index in [0.29, 0.717) is 12.8 Å². The highest BCUT2D eigenvalue weighted by Gasteiger charge is 2.17. The predicted octanol–water partition coefficient (Wildman–Crippen LogP) is 1.61. The summed E-state index contributed by atoms with van der Waals surface area (Å²) < 4.78 is 8.93. The normalized spacial score (nSPS) is 15.2. The van der Waals surface area contributed by atoms with Crippen molar-refractivity contribution in [2.24, 2.45) is 0 Å². The summed E-state index contributed by atoms with van der Waals surface area (Å²) >= 11 is 0. The molecule has 0 saturated carbocycles. The van der Waals surface area contributed by atoms with E-state index in [2.05, 4.69) is 9.47 Å². The molecule has 0 heterocycles. The standard InChI is InChI=1S/C8H9NO5/c1-13-8(10)14-7-4-2-3-6(5-7)9(11)12/h3,5H,2,4H2,1H3. The van der Waals surface area contributed by atoms with Crippen molar-refractivity contribution in [1.82, 2.24) is 0 Å². The lowest BCUT2D eigenvalue weighted by Gasteiger charge is -2.08. The number of nitro groups is 1. The fraction of sp³-hybridized carbons (Fsp3) is 0.375. The van der Waals surface area contributed by atoms with E-state index in [1.807, 2.05) is 0 Å². The van der Waals surface area contributed by atoms with E-state index in [0.717, 1.165) is 0 Å². The molecule has 0 spiro atoms. The molecule has 0 unspecified atom stereocenters. The second-order valence-corrected chi connectivity index (χ2v) is 2.59. The lowest BCUT2D eigenvalue weighted by molar-refractivity contribution is -0.419. The van der Waals surface area contributed by atoms with Gasteiger partial charge in [0, 0.05) is 6.42 Å². The number of allylic oxidation sites excluding steroid dienone is 3. The van der Waals surface area contributed by atoms with Crippen LogP contribution in [0.1, 0.15) is 12.8 Å². The second-order valence-electron chi connectivity index (χ2n) is 2.59. The number of hydrogen-bond acceptors (Lipinski definition) is 5. The molecule has 0 aromatic carbocycles. The van der Waals surface area contributed by atoms with E-state index < -0.39 is 11.1 Å². The molecule has 76 valence electrons. The summed E-state index contributed by atoms with van der Waals surface area (Å²) in [6.07, 6.45) is 2.79. The van der Waals surface area contributed by atoms with Gasteiger partial charge in [-0.15, -0.1) is 0 Å². The summed E-state index contributed by atoms with van der Waals surface area (Å²) in [6.45, 7) is 0. The summed E-state index contributed by atoms with van der Waals surface area (Å²) in [5, 5.41) is 10.4. The topological polar surface area (TPSA) is 78.7 Å². The van der Waals surface area contributed by atoms with E-state index in [9.17, 15) is 14.9 Å². The fourth-order valence-corrected chi connectivity index (χ4v) is 1.01. The third-order valence-electron chi connectivity index (χ3n) is 1.64. The maximum Gasteiger partial charge on any atom is 0.513 e. The van der Waals surface area contributed by atoms with Crippen LogP contribution in [0.15, 0.2) is 23.6 Å². The Morgan fingerprint density at radius 3 is 2.93 bits per heavy atom. The zero-order valence-electron chi connectivity index (χ0n) is 7.56. The average Bonchev–Trinajstić information content (AvgIpc) is 2.18. The van der Waals surface area contributed by atoms with Gasteiger partial charge < -0.3 is 9.47 Å². The molecule has 1 aliphatic rings. The molecule has 6 heteroatoms. The molecule has 1 rings (SSSR count). The first-order valence-electron chi connectivity index (χ1n) is 3.94. The first-order chi connectivity index (χ1) is 6.63. The Morgan fingerprint density at radius 2 is 2.36 bits per heavy atom. The first-order valence-corrected chi connectivity index (χ1v) is 3.94. The molecule has 0 fully saturated rings. The Hall–Kier alpha value is -1.85. The number of methoxy groups -OCH3 is 1. The molecule has 0 aliphatic heterocycles. The van der Waals surface area contributed by atoms with Gasteiger partial charge >= 0.3 is 6.16 Å². The average molecular weight is 199 g/mol. The second kappa shape index (κ2) is 4.40. The van der Waals surface area contributed by atoms with Gasteiger partial charge in [0.25, 0.3) is 5.70 Å². The summed E-state index contributed by atoms with van der Waals surface area (Å²) in [6, 6.07) is 0. The SMILES string of the molecule is COC(=O)OC1=CC([N+](=O)[O-])=CCC1. The Balaban J connectivity index is 2.67. The Morgan fingerprint density at radius 1 is 1.64 bits per heavy atom. The van der Waals surface area contributed by atoms with Crippen LogP contribution in [0, 0.1) is 10.1 Å². The van der Waals surface area contributed by atoms with Gasteiger partial charge in [-0.2, -0.15) is 0 Å². The highest BCUT2D eigenvalue weighted by atomic mass is 16.7. The highest BCUT2D eigenvalue weighted by Crippen LogP contribution is 2.18. The molecule has 0 saturated heterocycles. The predicted molar refractivity (Wildman–Crippen MR) is 45.9 cm³/mol. The van der Waals surface area contributed by atoms with Crippen LogP contribution in [0.2, 0.25) is 0 Å². The summed E-state index contributed by atoms with van der Waals surface area (Å²) in [4.78, 5) is 20.5. The van der Waals surface area contributed by atoms with Crippen LogP contribution in [-0.2, 0) is 9.47 Å². The van der Waals surface area contributed by atoms with Crippen molar-refractivity contribution in [3.05, 3.63) is 33.7 Å². The quantitative estimate of drug-likeness (QED) is 0.383. The van der Waals surface area contributed by atoms with Crippen molar-refractivity contribution in [3.63, 3.8) is 0 Å². The summed E-state index contributed by atoms with van der Waals surface area (Å²) in [5.74, 6) is 0.256. The van der Waals surface area contributed by atoms with Crippen LogP contribution < -0.4 is 0 Å². The maximum absolute atomic E-state index is 10.7. The zero-order valence-corrected chi connectivity index (χ0v) is 7.56. The zero-order chi connectivity index (χ0) is 10.6. The van der Waals surface area contributed by atoms with Crippen LogP contribution in [-0.4, -0.2) is 18.2 Å². The Labute approximate surface area is 80.0 Å². The van der Waals surface area contributed by atoms with Gasteiger partial charge in [0.05, 0.1) is 18.1 Å². The molecular weight excluding hydrogens is 190 g/mol. The maximum atomic E-state index is 10.7. The Kier molecular flexibility index (Phi) is 3.22. The van der Waals surface area contributed by atoms with Gasteiger partial charge in [0.2, 0.25) is 0 Å². The number of nitrogens with zero attached hydrogens (tertiary/aromatic N) is 1. The van der Waals surface area contributed by atoms with E-state index in [4.69, 9.17) is 0 Å². The largest absolute Gasteiger partial charge is 0.513 e. The minimum absolute atomic E-state index is 0.0600. The molecule has 6 nitrogen and oxygen atoms in total. The van der Waals surface area contributed by atoms with Crippen molar-refractivity contribution >= 4 is 6.16 Å². The minimum Gasteiger partial charge on any atom is -0.437 e. The van der Waals surface area contributed by atoms with Gasteiger partial charge in [0.1, 0.15) is 5.76 Å². The molecule has 0 bridgehead atoms. The molecule has 0 atom stereocenters. The number of carbonyl (C=O) groups excluding carboxylic acids is 1. The molecular formula is C8H9NO5. The van der Waals surface area contributed by atoms with Crippen molar-refractivity contribution in [2.45, 2.75) is 12.8 Å². The van der Waals surface area contributed by atoms with Crippen molar-refractivity contribution in [2.75, 3.05) is 7.11 Å². The van der Waals surface area contributed by atoms with Crippen LogP contribution in [0.4, 0.5) is 4.79 Å². The number of ether oxygens (including phenoxy) is 2. The van der Waals surface area contributed by atoms with Crippen LogP contribution in [0.5, 0.6) is 0 Å². The molecule has 0 aromatic rings. The van der Waals surface area contributed by atoms with Gasteiger partial charge in [-0.25, -0.2) is 4.79 Å². The highest BCUT2D eigenvalue weighted by molar-refractivity contribution is 5.61. The van der Waals surface area contributed by atoms with E-state index >= 15 is 0 Å². The lowest BCUT2D eigenvalue weighted by atomic mass is 10.1. The van der Waals surface area contributed by atoms with E-state index in [-0.39, 0.29) is 11.5 Å². The van der Waals surface area contributed by atoms with Gasteiger partial charge in [0.15, 0.2) is 0 Å². The lowest BCUT2D eigenvalue weighted by Crippen LogP contribution is -2.08. The van der Waals surface area contributed by atoms with Crippen molar-refractivity contribution < 1.29 is 19.2 Å². The Bertz CT molecular complexity index is 318. The molecule has 0 aromatic heterocycles. The number of rotatable bonds is 2. The number of hydrogen-bond donors (Lipinski definition) is 0. The van der Waals surface area contributed by atoms with Crippen LogP contribution >= 0.6 is 0 Å². The monoisotopic (exact) mass is 199 g/mol. The molecule has 1 aliphatic carbocycles. The van der Waals surface area contributed by atoms with E-state index in [1.165, 1.54) is 19.3 Å². The van der Waals surface area contributed by atoms with Crippen molar-refractivity contribution in [1.29, 1.82) is 0 Å². The first kappa shape index (κ1) is 10.2. The third-order valence-corrected chi connectivity index (χ3v) is 1.64. The third kappa shape index (κ3) is 2.58. The smallest absolute Gasteiger partial charge is 0.437 e. The number of carbonyl (C=O) groups is 1. The molecule has 0 N–H and O–H groups in total. The molecule has 14 heavy (non-hydrogen) atoms. The molecule has 0 radical (unpaired) electrons. The summed E-state index contributed by atoms with van der Waals surface area (Å²) in [5.41, 5.74) is -0.0600. The van der Waals surface area contributed by atoms with Crippen LogP contribution in [0.3, 0.4) is 0 Å². The van der Waals surface area contributed by atoms with Crippen LogP contribution in [0.25, 0.3) is 0 Å². The minimum atomic E-state index is -0.860. The van der Waals surface area contributed by atoms with Crippen molar-refractivity contribution in [3.8, 4) is 0 Å².